The number of nitriles is 1. The zero-order chi connectivity index (χ0) is 10.6. The van der Waals surface area contributed by atoms with E-state index in [0.29, 0.717) is 5.56 Å². The highest BCUT2D eigenvalue weighted by Crippen LogP contribution is 2.18. The van der Waals surface area contributed by atoms with Gasteiger partial charge in [0.1, 0.15) is 11.8 Å². The van der Waals surface area contributed by atoms with Gasteiger partial charge in [0, 0.05) is 6.08 Å². The molecule has 4 heteroatoms. The molecule has 0 atom stereocenters. The minimum absolute atomic E-state index is 0.153. The van der Waals surface area contributed by atoms with Gasteiger partial charge >= 0.3 is 5.97 Å². The lowest BCUT2D eigenvalue weighted by molar-refractivity contribution is -0.131. The maximum atomic E-state index is 10.2. The van der Waals surface area contributed by atoms with Crippen molar-refractivity contribution in [1.29, 1.82) is 5.26 Å². The molecule has 0 saturated carbocycles. The zero-order valence-electron chi connectivity index (χ0n) is 7.14. The van der Waals surface area contributed by atoms with Crippen LogP contribution >= 0.6 is 0 Å². The Kier molecular flexibility index (Phi) is 2.87. The van der Waals surface area contributed by atoms with Crippen LogP contribution in [-0.4, -0.2) is 16.2 Å². The molecule has 0 aliphatic heterocycles. The summed E-state index contributed by atoms with van der Waals surface area (Å²) in [6, 6.07) is 6.11. The van der Waals surface area contributed by atoms with Crippen LogP contribution in [0.15, 0.2) is 24.3 Å². The van der Waals surface area contributed by atoms with E-state index in [1.807, 2.05) is 0 Å². The highest BCUT2D eigenvalue weighted by molar-refractivity contribution is 5.85. The number of phenolic OH excluding ortho intramolecular Hbond substituents is 1. The molecule has 0 amide bonds. The molecule has 14 heavy (non-hydrogen) atoms. The summed E-state index contributed by atoms with van der Waals surface area (Å²) in [5, 5.41) is 26.1. The molecule has 0 aromatic heterocycles. The standard InChI is InChI=1S/C10H7NO3/c11-6-8-3-1-7(5-9(8)12)2-4-10(13)14/h1-5,12H,(H,13,14)/b4-2+. The maximum Gasteiger partial charge on any atom is 0.328 e. The fraction of sp³-hybridized carbons (Fsp3) is 0. The summed E-state index contributed by atoms with van der Waals surface area (Å²) in [4.78, 5) is 10.2. The number of benzene rings is 1. The number of rotatable bonds is 2. The second-order valence-electron chi connectivity index (χ2n) is 2.56. The molecule has 0 radical (unpaired) electrons. The van der Waals surface area contributed by atoms with Crippen molar-refractivity contribution in [3.8, 4) is 11.8 Å². The van der Waals surface area contributed by atoms with E-state index < -0.39 is 5.97 Å². The monoisotopic (exact) mass is 189 g/mol. The van der Waals surface area contributed by atoms with Crippen LogP contribution in [-0.2, 0) is 4.79 Å². The van der Waals surface area contributed by atoms with Crippen LogP contribution in [0.2, 0.25) is 0 Å². The fourth-order valence-electron chi connectivity index (χ4n) is 0.914. The fourth-order valence-corrected chi connectivity index (χ4v) is 0.914. The van der Waals surface area contributed by atoms with Crippen LogP contribution < -0.4 is 0 Å². The zero-order valence-corrected chi connectivity index (χ0v) is 7.14. The molecule has 0 fully saturated rings. The molecule has 0 spiro atoms. The number of hydrogen-bond acceptors (Lipinski definition) is 3. The molecule has 0 bridgehead atoms. The van der Waals surface area contributed by atoms with E-state index >= 15 is 0 Å². The van der Waals surface area contributed by atoms with Crippen LogP contribution in [0.1, 0.15) is 11.1 Å². The molecule has 1 aromatic rings. The first-order valence-corrected chi connectivity index (χ1v) is 3.77. The van der Waals surface area contributed by atoms with Crippen molar-refractivity contribution in [2.45, 2.75) is 0 Å². The van der Waals surface area contributed by atoms with E-state index in [1.54, 1.807) is 12.1 Å². The average molecular weight is 189 g/mol. The molecule has 2 N–H and O–H groups in total. The maximum absolute atomic E-state index is 10.2. The van der Waals surface area contributed by atoms with Crippen LogP contribution in [0.5, 0.6) is 5.75 Å². The summed E-state index contributed by atoms with van der Waals surface area (Å²) in [6.45, 7) is 0. The first kappa shape index (κ1) is 9.81. The molecule has 1 rings (SSSR count). The second-order valence-corrected chi connectivity index (χ2v) is 2.56. The number of carboxylic acids is 1. The van der Waals surface area contributed by atoms with Crippen molar-refractivity contribution < 1.29 is 15.0 Å². The van der Waals surface area contributed by atoms with Crippen LogP contribution in [0.3, 0.4) is 0 Å². The minimum atomic E-state index is -1.06. The number of carboxylic acid groups (broad SMARTS) is 1. The van der Waals surface area contributed by atoms with Gasteiger partial charge in [-0.25, -0.2) is 4.79 Å². The van der Waals surface area contributed by atoms with Gasteiger partial charge in [-0.3, -0.25) is 0 Å². The number of carbonyl (C=O) groups is 1. The van der Waals surface area contributed by atoms with Gasteiger partial charge < -0.3 is 10.2 Å². The van der Waals surface area contributed by atoms with Crippen molar-refractivity contribution in [1.82, 2.24) is 0 Å². The molecule has 70 valence electrons. The first-order valence-electron chi connectivity index (χ1n) is 3.77. The van der Waals surface area contributed by atoms with Crippen molar-refractivity contribution in [3.05, 3.63) is 35.4 Å². The Morgan fingerprint density at radius 1 is 1.50 bits per heavy atom. The van der Waals surface area contributed by atoms with Gasteiger partial charge in [-0.05, 0) is 23.8 Å². The average Bonchev–Trinajstić information content (AvgIpc) is 2.15. The first-order chi connectivity index (χ1) is 6.63. The third-order valence-corrected chi connectivity index (χ3v) is 1.56. The molecule has 1 aromatic carbocycles. The van der Waals surface area contributed by atoms with Crippen LogP contribution in [0.25, 0.3) is 6.08 Å². The van der Waals surface area contributed by atoms with Crippen molar-refractivity contribution in [3.63, 3.8) is 0 Å². The van der Waals surface area contributed by atoms with Crippen molar-refractivity contribution >= 4 is 12.0 Å². The highest BCUT2D eigenvalue weighted by Gasteiger charge is 1.99. The Hall–Kier alpha value is -2.28. The van der Waals surface area contributed by atoms with E-state index in [4.69, 9.17) is 10.4 Å². The lowest BCUT2D eigenvalue weighted by Gasteiger charge is -1.96. The molecule has 0 unspecified atom stereocenters. The molecule has 0 saturated heterocycles. The van der Waals surface area contributed by atoms with Gasteiger partial charge in [-0.1, -0.05) is 6.07 Å². The predicted octanol–water partition coefficient (Wildman–Crippen LogP) is 1.36. The van der Waals surface area contributed by atoms with Crippen molar-refractivity contribution in [2.75, 3.05) is 0 Å². The summed E-state index contributed by atoms with van der Waals surface area (Å²) in [5.74, 6) is -1.21. The minimum Gasteiger partial charge on any atom is -0.507 e. The lowest BCUT2D eigenvalue weighted by atomic mass is 10.1. The third-order valence-electron chi connectivity index (χ3n) is 1.56. The quantitative estimate of drug-likeness (QED) is 0.688. The van der Waals surface area contributed by atoms with E-state index in [2.05, 4.69) is 0 Å². The van der Waals surface area contributed by atoms with Gasteiger partial charge in [0.05, 0.1) is 5.56 Å². The van der Waals surface area contributed by atoms with E-state index in [-0.39, 0.29) is 11.3 Å². The molecular weight excluding hydrogens is 182 g/mol. The summed E-state index contributed by atoms with van der Waals surface area (Å²) in [6.07, 6.45) is 2.30. The van der Waals surface area contributed by atoms with Gasteiger partial charge in [-0.15, -0.1) is 0 Å². The molecule has 0 aliphatic carbocycles. The van der Waals surface area contributed by atoms with Crippen LogP contribution in [0, 0.1) is 11.3 Å². The number of aliphatic carboxylic acids is 1. The Labute approximate surface area is 80.3 Å². The largest absolute Gasteiger partial charge is 0.507 e. The van der Waals surface area contributed by atoms with Gasteiger partial charge in [-0.2, -0.15) is 5.26 Å². The molecule has 0 aliphatic rings. The summed E-state index contributed by atoms with van der Waals surface area (Å²) >= 11 is 0. The smallest absolute Gasteiger partial charge is 0.328 e. The lowest BCUT2D eigenvalue weighted by Crippen LogP contribution is -1.86. The summed E-state index contributed by atoms with van der Waals surface area (Å²) in [7, 11) is 0. The molecular formula is C10H7NO3. The number of phenols is 1. The van der Waals surface area contributed by atoms with Crippen LogP contribution in [0.4, 0.5) is 0 Å². The molecule has 0 heterocycles. The van der Waals surface area contributed by atoms with E-state index in [1.165, 1.54) is 18.2 Å². The number of hydrogen-bond donors (Lipinski definition) is 2. The third kappa shape index (κ3) is 2.35. The Morgan fingerprint density at radius 3 is 2.71 bits per heavy atom. The Bertz CT molecular complexity index is 429. The summed E-state index contributed by atoms with van der Waals surface area (Å²) < 4.78 is 0. The topological polar surface area (TPSA) is 81.3 Å². The molecule has 4 nitrogen and oxygen atoms in total. The predicted molar refractivity (Wildman–Crippen MR) is 49.5 cm³/mol. The Morgan fingerprint density at radius 2 is 2.21 bits per heavy atom. The summed E-state index contributed by atoms with van der Waals surface area (Å²) in [5.41, 5.74) is 0.696. The Balaban J connectivity index is 2.99. The second kappa shape index (κ2) is 4.10. The normalized spacial score (nSPS) is 9.93. The van der Waals surface area contributed by atoms with Gasteiger partial charge in [0.15, 0.2) is 0 Å². The van der Waals surface area contributed by atoms with E-state index in [9.17, 15) is 9.90 Å². The van der Waals surface area contributed by atoms with Crippen molar-refractivity contribution in [2.24, 2.45) is 0 Å². The van der Waals surface area contributed by atoms with Gasteiger partial charge in [0.25, 0.3) is 0 Å². The van der Waals surface area contributed by atoms with Gasteiger partial charge in [0.2, 0.25) is 0 Å². The SMILES string of the molecule is N#Cc1ccc(/C=C/C(=O)O)cc1O. The number of nitrogens with zero attached hydrogens (tertiary/aromatic N) is 1. The highest BCUT2D eigenvalue weighted by atomic mass is 16.4. The number of aromatic hydroxyl groups is 1. The van der Waals surface area contributed by atoms with E-state index in [0.717, 1.165) is 6.08 Å².